The lowest BCUT2D eigenvalue weighted by Gasteiger charge is -2.23. The Morgan fingerprint density at radius 2 is 2.04 bits per heavy atom. The zero-order valence-corrected chi connectivity index (χ0v) is 15.5. The monoisotopic (exact) mass is 347 g/mol. The number of benzene rings is 1. The van der Waals surface area contributed by atoms with Gasteiger partial charge in [0.25, 0.3) is 0 Å². The summed E-state index contributed by atoms with van der Waals surface area (Å²) in [6, 6.07) is 5.94. The van der Waals surface area contributed by atoms with E-state index in [1.807, 2.05) is 39.0 Å². The lowest BCUT2D eigenvalue weighted by Crippen LogP contribution is -2.44. The Morgan fingerprint density at radius 1 is 1.32 bits per heavy atom. The number of nitrogens with one attached hydrogen (secondary N) is 1. The fourth-order valence-corrected chi connectivity index (χ4v) is 3.04. The fourth-order valence-electron chi connectivity index (χ4n) is 3.04. The Kier molecular flexibility index (Phi) is 7.10. The van der Waals surface area contributed by atoms with E-state index in [1.165, 1.54) is 0 Å². The number of nitrogens with zero attached hydrogens (tertiary/aromatic N) is 2. The van der Waals surface area contributed by atoms with Crippen molar-refractivity contribution in [3.8, 4) is 5.75 Å². The molecule has 1 aromatic rings. The number of carbonyl (C=O) groups is 2. The van der Waals surface area contributed by atoms with Crippen LogP contribution in [0.2, 0.25) is 0 Å². The summed E-state index contributed by atoms with van der Waals surface area (Å²) in [5, 5.41) is 2.89. The van der Waals surface area contributed by atoms with Crippen molar-refractivity contribution >= 4 is 11.9 Å². The lowest BCUT2D eigenvalue weighted by atomic mass is 10.1. The molecule has 0 aromatic heterocycles. The van der Waals surface area contributed by atoms with E-state index in [0.29, 0.717) is 39.2 Å². The SMILES string of the molecule is CCN(CCOc1c(C)cccc1C)C(=O)NCCN1CCCC1=O. The molecule has 6 nitrogen and oxygen atoms in total. The number of para-hydroxylation sites is 1. The molecule has 3 amide bonds. The maximum atomic E-state index is 12.3. The number of carbonyl (C=O) groups excluding carboxylic acids is 2. The van der Waals surface area contributed by atoms with Crippen molar-refractivity contribution in [2.45, 2.75) is 33.6 Å². The van der Waals surface area contributed by atoms with Gasteiger partial charge in [-0.1, -0.05) is 18.2 Å². The van der Waals surface area contributed by atoms with Crippen LogP contribution in [0.5, 0.6) is 5.75 Å². The molecule has 0 saturated carbocycles. The van der Waals surface area contributed by atoms with Gasteiger partial charge in [0.1, 0.15) is 12.4 Å². The Bertz CT molecular complexity index is 583. The van der Waals surface area contributed by atoms with Gasteiger partial charge in [0.2, 0.25) is 5.91 Å². The van der Waals surface area contributed by atoms with Crippen LogP contribution >= 0.6 is 0 Å². The van der Waals surface area contributed by atoms with E-state index in [4.69, 9.17) is 4.74 Å². The van der Waals surface area contributed by atoms with Gasteiger partial charge in [-0.2, -0.15) is 0 Å². The van der Waals surface area contributed by atoms with Crippen LogP contribution in [-0.2, 0) is 4.79 Å². The van der Waals surface area contributed by atoms with E-state index in [-0.39, 0.29) is 11.9 Å². The Labute approximate surface area is 150 Å². The third-order valence-electron chi connectivity index (χ3n) is 4.51. The van der Waals surface area contributed by atoms with E-state index >= 15 is 0 Å². The first-order valence-corrected chi connectivity index (χ1v) is 9.02. The standard InChI is InChI=1S/C19H29N3O3/c1-4-21(13-14-25-18-15(2)7-5-8-16(18)3)19(24)20-10-12-22-11-6-9-17(22)23/h5,7-8H,4,6,9-14H2,1-3H3,(H,20,24). The second-order valence-electron chi connectivity index (χ2n) is 6.37. The Balaban J connectivity index is 1.73. The highest BCUT2D eigenvalue weighted by Gasteiger charge is 2.20. The molecule has 6 heteroatoms. The molecule has 138 valence electrons. The van der Waals surface area contributed by atoms with Crippen LogP contribution in [0.1, 0.15) is 30.9 Å². The Hall–Kier alpha value is -2.24. The van der Waals surface area contributed by atoms with E-state index in [2.05, 4.69) is 5.32 Å². The third-order valence-corrected chi connectivity index (χ3v) is 4.51. The van der Waals surface area contributed by atoms with Gasteiger partial charge in [-0.25, -0.2) is 4.79 Å². The van der Waals surface area contributed by atoms with Crippen molar-refractivity contribution in [2.75, 3.05) is 39.3 Å². The van der Waals surface area contributed by atoms with Crippen molar-refractivity contribution in [3.63, 3.8) is 0 Å². The van der Waals surface area contributed by atoms with Crippen molar-refractivity contribution in [1.82, 2.24) is 15.1 Å². The van der Waals surface area contributed by atoms with Gasteiger partial charge in [0.05, 0.1) is 6.54 Å². The van der Waals surface area contributed by atoms with E-state index < -0.39 is 0 Å². The molecule has 1 saturated heterocycles. The molecular weight excluding hydrogens is 318 g/mol. The van der Waals surface area contributed by atoms with Crippen LogP contribution in [-0.4, -0.2) is 61.1 Å². The smallest absolute Gasteiger partial charge is 0.317 e. The van der Waals surface area contributed by atoms with Gasteiger partial charge in [-0.15, -0.1) is 0 Å². The minimum Gasteiger partial charge on any atom is -0.491 e. The number of hydrogen-bond acceptors (Lipinski definition) is 3. The first-order valence-electron chi connectivity index (χ1n) is 9.02. The summed E-state index contributed by atoms with van der Waals surface area (Å²) in [5.74, 6) is 1.08. The van der Waals surface area contributed by atoms with Crippen LogP contribution < -0.4 is 10.1 Å². The van der Waals surface area contributed by atoms with Crippen LogP contribution in [0.3, 0.4) is 0 Å². The number of amides is 3. The molecule has 1 N–H and O–H groups in total. The summed E-state index contributed by atoms with van der Waals surface area (Å²) in [5.41, 5.74) is 2.20. The largest absolute Gasteiger partial charge is 0.491 e. The predicted octanol–water partition coefficient (Wildman–Crippen LogP) is 2.34. The fraction of sp³-hybridized carbons (Fsp3) is 0.579. The third kappa shape index (κ3) is 5.37. The second kappa shape index (κ2) is 9.30. The Morgan fingerprint density at radius 3 is 2.64 bits per heavy atom. The van der Waals surface area contributed by atoms with Crippen LogP contribution in [0, 0.1) is 13.8 Å². The molecule has 0 atom stereocenters. The molecule has 1 aromatic carbocycles. The molecule has 1 aliphatic heterocycles. The van der Waals surface area contributed by atoms with Gasteiger partial charge < -0.3 is 19.9 Å². The van der Waals surface area contributed by atoms with Crippen molar-refractivity contribution in [1.29, 1.82) is 0 Å². The summed E-state index contributed by atoms with van der Waals surface area (Å²) in [6.07, 6.45) is 1.55. The minimum atomic E-state index is -0.112. The summed E-state index contributed by atoms with van der Waals surface area (Å²) in [6.45, 7) is 9.46. The molecule has 2 rings (SSSR count). The quantitative estimate of drug-likeness (QED) is 0.785. The maximum Gasteiger partial charge on any atom is 0.317 e. The highest BCUT2D eigenvalue weighted by molar-refractivity contribution is 5.78. The topological polar surface area (TPSA) is 61.9 Å². The normalized spacial score (nSPS) is 13.9. The highest BCUT2D eigenvalue weighted by atomic mass is 16.5. The summed E-state index contributed by atoms with van der Waals surface area (Å²) in [4.78, 5) is 27.3. The summed E-state index contributed by atoms with van der Waals surface area (Å²) < 4.78 is 5.88. The zero-order valence-electron chi connectivity index (χ0n) is 15.5. The van der Waals surface area contributed by atoms with Gasteiger partial charge in [-0.3, -0.25) is 4.79 Å². The van der Waals surface area contributed by atoms with E-state index in [0.717, 1.165) is 29.8 Å². The van der Waals surface area contributed by atoms with Gasteiger partial charge in [0, 0.05) is 32.6 Å². The summed E-state index contributed by atoms with van der Waals surface area (Å²) >= 11 is 0. The predicted molar refractivity (Wildman–Crippen MR) is 97.9 cm³/mol. The average Bonchev–Trinajstić information content (AvgIpc) is 2.99. The molecule has 1 heterocycles. The number of rotatable bonds is 8. The molecule has 0 unspecified atom stereocenters. The molecule has 1 aliphatic rings. The maximum absolute atomic E-state index is 12.3. The summed E-state index contributed by atoms with van der Waals surface area (Å²) in [7, 11) is 0. The van der Waals surface area contributed by atoms with Gasteiger partial charge in [-0.05, 0) is 38.3 Å². The lowest BCUT2D eigenvalue weighted by molar-refractivity contribution is -0.127. The van der Waals surface area contributed by atoms with Crippen LogP contribution in [0.15, 0.2) is 18.2 Å². The molecule has 1 fully saturated rings. The molecule has 0 spiro atoms. The van der Waals surface area contributed by atoms with Gasteiger partial charge in [0.15, 0.2) is 0 Å². The van der Waals surface area contributed by atoms with E-state index in [9.17, 15) is 9.59 Å². The minimum absolute atomic E-state index is 0.112. The second-order valence-corrected chi connectivity index (χ2v) is 6.37. The highest BCUT2D eigenvalue weighted by Crippen LogP contribution is 2.22. The molecule has 0 aliphatic carbocycles. The zero-order chi connectivity index (χ0) is 18.2. The number of urea groups is 1. The number of aryl methyl sites for hydroxylation is 2. The van der Waals surface area contributed by atoms with Crippen molar-refractivity contribution in [2.24, 2.45) is 0 Å². The molecule has 0 radical (unpaired) electrons. The van der Waals surface area contributed by atoms with Crippen molar-refractivity contribution < 1.29 is 14.3 Å². The first kappa shape index (κ1) is 19.1. The number of hydrogen-bond donors (Lipinski definition) is 1. The average molecular weight is 347 g/mol. The first-order chi connectivity index (χ1) is 12.0. The molecule has 0 bridgehead atoms. The molecular formula is C19H29N3O3. The number of ether oxygens (including phenoxy) is 1. The van der Waals surface area contributed by atoms with E-state index in [1.54, 1.807) is 9.80 Å². The molecule has 25 heavy (non-hydrogen) atoms. The van der Waals surface area contributed by atoms with Gasteiger partial charge >= 0.3 is 6.03 Å². The number of likely N-dealkylation sites (tertiary alicyclic amines) is 1. The number of likely N-dealkylation sites (N-methyl/N-ethyl adjacent to an activating group) is 1. The van der Waals surface area contributed by atoms with Crippen LogP contribution in [0.25, 0.3) is 0 Å². The van der Waals surface area contributed by atoms with Crippen molar-refractivity contribution in [3.05, 3.63) is 29.3 Å². The van der Waals surface area contributed by atoms with Crippen LogP contribution in [0.4, 0.5) is 4.79 Å².